The van der Waals surface area contributed by atoms with Crippen LogP contribution >= 0.6 is 0 Å². The molecule has 3 aromatic carbocycles. The Morgan fingerprint density at radius 1 is 1.00 bits per heavy atom. The summed E-state index contributed by atoms with van der Waals surface area (Å²) >= 11 is 0. The Morgan fingerprint density at radius 2 is 1.72 bits per heavy atom. The van der Waals surface area contributed by atoms with Gasteiger partial charge in [0.15, 0.2) is 0 Å². The minimum absolute atomic E-state index is 0.0783. The molecular weight excluding hydrogens is 372 g/mol. The van der Waals surface area contributed by atoms with Crippen molar-refractivity contribution in [3.63, 3.8) is 0 Å². The van der Waals surface area contributed by atoms with Crippen molar-refractivity contribution in [2.75, 3.05) is 19.0 Å². The quantitative estimate of drug-likeness (QED) is 0.444. The van der Waals surface area contributed by atoms with Gasteiger partial charge >= 0.3 is 0 Å². The molecule has 148 valence electrons. The number of anilines is 1. The Hall–Kier alpha value is -3.87. The van der Waals surface area contributed by atoms with Crippen molar-refractivity contribution in [3.05, 3.63) is 82.9 Å². The molecule has 3 aromatic rings. The summed E-state index contributed by atoms with van der Waals surface area (Å²) in [5.41, 5.74) is 2.08. The Labute approximate surface area is 168 Å². The first-order valence-electron chi connectivity index (χ1n) is 8.98. The molecule has 0 atom stereocenters. The number of para-hydroxylation sites is 1. The average molecular weight is 392 g/mol. The van der Waals surface area contributed by atoms with Gasteiger partial charge in [0.05, 0.1) is 30.7 Å². The number of nitrogens with one attached hydrogen (secondary N) is 1. The van der Waals surface area contributed by atoms with Crippen LogP contribution in [0.4, 0.5) is 11.4 Å². The number of hydrogen-bond donors (Lipinski definition) is 1. The molecule has 0 aliphatic carbocycles. The smallest absolute Gasteiger partial charge is 0.271 e. The van der Waals surface area contributed by atoms with Crippen LogP contribution in [-0.4, -0.2) is 24.5 Å². The second kappa shape index (κ2) is 9.36. The zero-order valence-electron chi connectivity index (χ0n) is 15.8. The third-order valence-electron chi connectivity index (χ3n) is 4.23. The molecule has 0 saturated heterocycles. The lowest BCUT2D eigenvalue weighted by atomic mass is 10.1. The van der Waals surface area contributed by atoms with Crippen molar-refractivity contribution in [2.45, 2.75) is 6.42 Å². The molecule has 1 amide bonds. The van der Waals surface area contributed by atoms with E-state index in [1.165, 1.54) is 25.3 Å². The molecule has 0 aliphatic heterocycles. The van der Waals surface area contributed by atoms with Gasteiger partial charge in [0.2, 0.25) is 5.91 Å². The monoisotopic (exact) mass is 392 g/mol. The Balaban J connectivity index is 1.63. The van der Waals surface area contributed by atoms with Gasteiger partial charge in [-0.3, -0.25) is 14.9 Å². The van der Waals surface area contributed by atoms with Gasteiger partial charge in [-0.1, -0.05) is 48.5 Å². The van der Waals surface area contributed by atoms with E-state index in [9.17, 15) is 14.9 Å². The average Bonchev–Trinajstić information content (AvgIpc) is 2.74. The summed E-state index contributed by atoms with van der Waals surface area (Å²) < 4.78 is 11.0. The lowest BCUT2D eigenvalue weighted by Crippen LogP contribution is -2.16. The maximum absolute atomic E-state index is 12.3. The maximum atomic E-state index is 12.3. The standard InChI is InChI=1S/C22H20N2O5/c1-28-21-12-11-17(24(26)27)15-19(21)23-22(25)13-14-29-20-10-6-5-9-18(20)16-7-3-2-4-8-16/h2-12,15H,13-14H2,1H3,(H,23,25). The largest absolute Gasteiger partial charge is 0.495 e. The SMILES string of the molecule is COc1ccc([N+](=O)[O-])cc1NC(=O)CCOc1ccccc1-c1ccccc1. The summed E-state index contributed by atoms with van der Waals surface area (Å²) in [6.45, 7) is 0.160. The number of nitro benzene ring substituents is 1. The zero-order chi connectivity index (χ0) is 20.6. The van der Waals surface area contributed by atoms with Crippen molar-refractivity contribution >= 4 is 17.3 Å². The van der Waals surface area contributed by atoms with E-state index in [0.717, 1.165) is 11.1 Å². The lowest BCUT2D eigenvalue weighted by molar-refractivity contribution is -0.384. The lowest BCUT2D eigenvalue weighted by Gasteiger charge is -2.12. The molecule has 0 aliphatic rings. The third kappa shape index (κ3) is 5.10. The Morgan fingerprint density at radius 3 is 2.45 bits per heavy atom. The highest BCUT2D eigenvalue weighted by Crippen LogP contribution is 2.30. The predicted octanol–water partition coefficient (Wildman–Crippen LogP) is 4.68. The fourth-order valence-electron chi connectivity index (χ4n) is 2.82. The number of carbonyl (C=O) groups excluding carboxylic acids is 1. The Bertz CT molecular complexity index is 1010. The predicted molar refractivity (Wildman–Crippen MR) is 110 cm³/mol. The van der Waals surface area contributed by atoms with Crippen LogP contribution in [-0.2, 0) is 4.79 Å². The van der Waals surface area contributed by atoms with E-state index in [2.05, 4.69) is 5.32 Å². The van der Waals surface area contributed by atoms with Crippen molar-refractivity contribution in [1.29, 1.82) is 0 Å². The number of nitrogens with zero attached hydrogens (tertiary/aromatic N) is 1. The molecule has 0 saturated carbocycles. The van der Waals surface area contributed by atoms with Crippen LogP contribution in [0.25, 0.3) is 11.1 Å². The molecule has 1 N–H and O–H groups in total. The van der Waals surface area contributed by atoms with Crippen LogP contribution in [0, 0.1) is 10.1 Å². The Kier molecular flexibility index (Phi) is 6.42. The fourth-order valence-corrected chi connectivity index (χ4v) is 2.82. The van der Waals surface area contributed by atoms with Crippen LogP contribution in [0.15, 0.2) is 72.8 Å². The molecule has 0 heterocycles. The maximum Gasteiger partial charge on any atom is 0.271 e. The van der Waals surface area contributed by atoms with Crippen molar-refractivity contribution < 1.29 is 19.2 Å². The van der Waals surface area contributed by atoms with Crippen molar-refractivity contribution in [1.82, 2.24) is 0 Å². The van der Waals surface area contributed by atoms with Gasteiger partial charge in [-0.15, -0.1) is 0 Å². The highest BCUT2D eigenvalue weighted by atomic mass is 16.6. The molecule has 7 heteroatoms. The van der Waals surface area contributed by atoms with Crippen LogP contribution in [0.5, 0.6) is 11.5 Å². The van der Waals surface area contributed by atoms with Crippen LogP contribution < -0.4 is 14.8 Å². The first-order chi connectivity index (χ1) is 14.1. The molecular formula is C22H20N2O5. The van der Waals surface area contributed by atoms with E-state index in [-0.39, 0.29) is 30.3 Å². The van der Waals surface area contributed by atoms with Gasteiger partial charge in [-0.05, 0) is 17.7 Å². The van der Waals surface area contributed by atoms with E-state index >= 15 is 0 Å². The molecule has 0 bridgehead atoms. The van der Waals surface area contributed by atoms with E-state index < -0.39 is 4.92 Å². The van der Waals surface area contributed by atoms with Gasteiger partial charge < -0.3 is 14.8 Å². The van der Waals surface area contributed by atoms with E-state index in [1.807, 2.05) is 54.6 Å². The molecule has 0 aromatic heterocycles. The highest BCUT2D eigenvalue weighted by molar-refractivity contribution is 5.92. The fraction of sp³-hybridized carbons (Fsp3) is 0.136. The van der Waals surface area contributed by atoms with E-state index in [0.29, 0.717) is 11.5 Å². The summed E-state index contributed by atoms with van der Waals surface area (Å²) in [6.07, 6.45) is 0.0783. The second-order valence-electron chi connectivity index (χ2n) is 6.15. The van der Waals surface area contributed by atoms with E-state index in [1.54, 1.807) is 0 Å². The normalized spacial score (nSPS) is 10.2. The number of ether oxygens (including phenoxy) is 2. The molecule has 3 rings (SSSR count). The molecule has 0 spiro atoms. The first-order valence-corrected chi connectivity index (χ1v) is 8.98. The number of rotatable bonds is 8. The van der Waals surface area contributed by atoms with Crippen molar-refractivity contribution in [3.8, 4) is 22.6 Å². The third-order valence-corrected chi connectivity index (χ3v) is 4.23. The van der Waals surface area contributed by atoms with Gasteiger partial charge in [-0.25, -0.2) is 0 Å². The molecule has 0 fully saturated rings. The minimum Gasteiger partial charge on any atom is -0.495 e. The number of non-ortho nitro benzene ring substituents is 1. The van der Waals surface area contributed by atoms with Gasteiger partial charge in [0.25, 0.3) is 5.69 Å². The summed E-state index contributed by atoms with van der Waals surface area (Å²) in [5, 5.41) is 13.6. The summed E-state index contributed by atoms with van der Waals surface area (Å²) in [4.78, 5) is 22.7. The number of methoxy groups -OCH3 is 1. The number of nitro groups is 1. The van der Waals surface area contributed by atoms with Gasteiger partial charge in [0, 0.05) is 17.7 Å². The van der Waals surface area contributed by atoms with Crippen molar-refractivity contribution in [2.24, 2.45) is 0 Å². The second-order valence-corrected chi connectivity index (χ2v) is 6.15. The topological polar surface area (TPSA) is 90.7 Å². The first kappa shape index (κ1) is 19.9. The number of benzene rings is 3. The van der Waals surface area contributed by atoms with Crippen LogP contribution in [0.2, 0.25) is 0 Å². The zero-order valence-corrected chi connectivity index (χ0v) is 15.8. The summed E-state index contributed by atoms with van der Waals surface area (Å²) in [7, 11) is 1.43. The summed E-state index contributed by atoms with van der Waals surface area (Å²) in [5.74, 6) is 0.694. The number of carbonyl (C=O) groups is 1. The molecule has 0 unspecified atom stereocenters. The molecule has 7 nitrogen and oxygen atoms in total. The van der Waals surface area contributed by atoms with E-state index in [4.69, 9.17) is 9.47 Å². The van der Waals surface area contributed by atoms with Crippen LogP contribution in [0.3, 0.4) is 0 Å². The highest BCUT2D eigenvalue weighted by Gasteiger charge is 2.14. The molecule has 29 heavy (non-hydrogen) atoms. The molecule has 0 radical (unpaired) electrons. The van der Waals surface area contributed by atoms with Gasteiger partial charge in [-0.2, -0.15) is 0 Å². The minimum atomic E-state index is -0.529. The number of amides is 1. The number of hydrogen-bond acceptors (Lipinski definition) is 5. The summed E-state index contributed by atoms with van der Waals surface area (Å²) in [6, 6.07) is 21.5. The van der Waals surface area contributed by atoms with Gasteiger partial charge in [0.1, 0.15) is 11.5 Å². The van der Waals surface area contributed by atoms with Crippen LogP contribution in [0.1, 0.15) is 6.42 Å².